The van der Waals surface area contributed by atoms with Crippen molar-refractivity contribution in [1.82, 2.24) is 4.57 Å². The summed E-state index contributed by atoms with van der Waals surface area (Å²) >= 11 is 15.3. The number of hydrogen-bond donors (Lipinski definition) is 0. The highest BCUT2D eigenvalue weighted by molar-refractivity contribution is 7.10. The Morgan fingerprint density at radius 3 is 2.55 bits per heavy atom. The predicted octanol–water partition coefficient (Wildman–Crippen LogP) is 4.56. The third-order valence-electron chi connectivity index (χ3n) is 4.67. The van der Waals surface area contributed by atoms with Crippen LogP contribution >= 0.6 is 45.9 Å². The lowest BCUT2D eigenvalue weighted by molar-refractivity contribution is -0.143. The molecule has 0 amide bonds. The molecule has 0 bridgehead atoms. The minimum Gasteiger partial charge on any atom is -0.459 e. The fourth-order valence-corrected chi connectivity index (χ4v) is 5.71. The summed E-state index contributed by atoms with van der Waals surface area (Å²) in [6.45, 7) is 5.34. The predicted molar refractivity (Wildman–Crippen MR) is 126 cm³/mol. The number of esters is 1. The summed E-state index contributed by atoms with van der Waals surface area (Å²) in [6.07, 6.45) is 1.38. The molecule has 0 radical (unpaired) electrons. The third kappa shape index (κ3) is 4.15. The van der Waals surface area contributed by atoms with E-state index >= 15 is 0 Å². The van der Waals surface area contributed by atoms with Gasteiger partial charge in [-0.1, -0.05) is 46.7 Å². The molecule has 1 aliphatic rings. The largest absolute Gasteiger partial charge is 0.459 e. The van der Waals surface area contributed by atoms with Gasteiger partial charge in [-0.05, 0) is 50.4 Å². The standard InChI is InChI=1S/C22H18Cl2N2O3S2/c1-11(2)29-21(28)18-12(3)25-22-26(19(18)16-8-5-9-30-16)20(27)17(31-22)10-13-14(23)6-4-7-15(13)24/h4-11,19H,1-3H3/b17-10+/t19-/m0/s1. The molecule has 4 rings (SSSR count). The van der Waals surface area contributed by atoms with Crippen LogP contribution in [0, 0.1) is 0 Å². The smallest absolute Gasteiger partial charge is 0.338 e. The van der Waals surface area contributed by atoms with Crippen LogP contribution in [0.5, 0.6) is 0 Å². The number of halogens is 2. The van der Waals surface area contributed by atoms with Crippen molar-refractivity contribution in [3.8, 4) is 0 Å². The second kappa shape index (κ2) is 8.74. The molecule has 0 aliphatic carbocycles. The summed E-state index contributed by atoms with van der Waals surface area (Å²) in [5, 5.41) is 2.81. The summed E-state index contributed by atoms with van der Waals surface area (Å²) in [6, 6.07) is 8.37. The molecule has 0 saturated heterocycles. The monoisotopic (exact) mass is 492 g/mol. The SMILES string of the molecule is CC1=C(C(=O)OC(C)C)[C@H](c2cccs2)n2c(s/c(=C/c3c(Cl)cccc3Cl)c2=O)=N1. The number of carbonyl (C=O) groups excluding carboxylic acids is 1. The Morgan fingerprint density at radius 2 is 1.94 bits per heavy atom. The van der Waals surface area contributed by atoms with Gasteiger partial charge in [-0.15, -0.1) is 11.3 Å². The number of rotatable bonds is 4. The first-order valence-corrected chi connectivity index (χ1v) is 11.9. The highest BCUT2D eigenvalue weighted by atomic mass is 35.5. The average Bonchev–Trinajstić information content (AvgIpc) is 3.32. The molecule has 0 saturated carbocycles. The maximum atomic E-state index is 13.5. The van der Waals surface area contributed by atoms with Crippen molar-refractivity contribution in [3.63, 3.8) is 0 Å². The molecule has 3 aromatic rings. The lowest BCUT2D eigenvalue weighted by atomic mass is 10.0. The minimum absolute atomic E-state index is 0.263. The molecular formula is C22H18Cl2N2O3S2. The molecule has 1 atom stereocenters. The van der Waals surface area contributed by atoms with E-state index in [1.54, 1.807) is 49.6 Å². The van der Waals surface area contributed by atoms with Gasteiger partial charge in [-0.25, -0.2) is 9.79 Å². The molecule has 1 aromatic carbocycles. The quantitative estimate of drug-likeness (QED) is 0.501. The molecule has 3 heterocycles. The molecule has 9 heteroatoms. The summed E-state index contributed by atoms with van der Waals surface area (Å²) in [5.74, 6) is -0.474. The number of thiazole rings is 1. The second-order valence-electron chi connectivity index (χ2n) is 7.19. The Hall–Kier alpha value is -2.19. The van der Waals surface area contributed by atoms with Gasteiger partial charge in [0.25, 0.3) is 5.56 Å². The van der Waals surface area contributed by atoms with Crippen molar-refractivity contribution < 1.29 is 9.53 Å². The molecular weight excluding hydrogens is 475 g/mol. The van der Waals surface area contributed by atoms with Gasteiger partial charge >= 0.3 is 5.97 Å². The molecule has 2 aromatic heterocycles. The maximum Gasteiger partial charge on any atom is 0.338 e. The van der Waals surface area contributed by atoms with Crippen LogP contribution in [0.15, 0.2) is 56.8 Å². The van der Waals surface area contributed by atoms with Gasteiger partial charge in [0.05, 0.1) is 21.9 Å². The summed E-state index contributed by atoms with van der Waals surface area (Å²) in [7, 11) is 0. The number of nitrogens with zero attached hydrogens (tertiary/aromatic N) is 2. The van der Waals surface area contributed by atoms with Gasteiger partial charge in [-0.3, -0.25) is 9.36 Å². The number of thiophene rings is 1. The number of aromatic nitrogens is 1. The van der Waals surface area contributed by atoms with E-state index in [1.807, 2.05) is 17.5 Å². The van der Waals surface area contributed by atoms with Gasteiger partial charge < -0.3 is 4.74 Å². The minimum atomic E-state index is -0.605. The number of ether oxygens (including phenoxy) is 1. The molecule has 31 heavy (non-hydrogen) atoms. The topological polar surface area (TPSA) is 60.7 Å². The van der Waals surface area contributed by atoms with Gasteiger partial charge in [0, 0.05) is 20.5 Å². The number of carbonyl (C=O) groups is 1. The van der Waals surface area contributed by atoms with Crippen LogP contribution in [0.2, 0.25) is 10.0 Å². The first-order valence-electron chi connectivity index (χ1n) is 9.49. The van der Waals surface area contributed by atoms with Crippen LogP contribution in [0.3, 0.4) is 0 Å². The third-order valence-corrected chi connectivity index (χ3v) is 7.24. The van der Waals surface area contributed by atoms with Crippen LogP contribution in [0.4, 0.5) is 0 Å². The Balaban J connectivity index is 1.96. The molecule has 0 N–H and O–H groups in total. The van der Waals surface area contributed by atoms with E-state index in [1.165, 1.54) is 22.7 Å². The lowest BCUT2D eigenvalue weighted by Gasteiger charge is -2.24. The summed E-state index contributed by atoms with van der Waals surface area (Å²) in [5.41, 5.74) is 1.21. The Labute approximate surface area is 196 Å². The zero-order chi connectivity index (χ0) is 22.3. The van der Waals surface area contributed by atoms with E-state index in [9.17, 15) is 9.59 Å². The van der Waals surface area contributed by atoms with Crippen LogP contribution < -0.4 is 14.9 Å². The Bertz CT molecular complexity index is 1350. The number of benzene rings is 1. The van der Waals surface area contributed by atoms with Crippen LogP contribution in [0.1, 0.15) is 37.3 Å². The number of hydrogen-bond acceptors (Lipinski definition) is 6. The molecule has 160 valence electrons. The number of allylic oxidation sites excluding steroid dienone is 1. The van der Waals surface area contributed by atoms with Gasteiger partial charge in [0.15, 0.2) is 4.80 Å². The zero-order valence-corrected chi connectivity index (χ0v) is 20.0. The Morgan fingerprint density at radius 1 is 1.23 bits per heavy atom. The van der Waals surface area contributed by atoms with E-state index in [2.05, 4.69) is 4.99 Å². The van der Waals surface area contributed by atoms with Crippen molar-refractivity contribution in [2.45, 2.75) is 32.9 Å². The molecule has 0 unspecified atom stereocenters. The molecule has 0 fully saturated rings. The van der Waals surface area contributed by atoms with Gasteiger partial charge in [0.1, 0.15) is 6.04 Å². The van der Waals surface area contributed by atoms with Crippen molar-refractivity contribution in [1.29, 1.82) is 0 Å². The zero-order valence-electron chi connectivity index (χ0n) is 16.9. The van der Waals surface area contributed by atoms with Crippen molar-refractivity contribution in [2.75, 3.05) is 0 Å². The second-order valence-corrected chi connectivity index (χ2v) is 9.99. The summed E-state index contributed by atoms with van der Waals surface area (Å²) < 4.78 is 7.45. The van der Waals surface area contributed by atoms with E-state index in [0.717, 1.165) is 4.88 Å². The average molecular weight is 493 g/mol. The maximum absolute atomic E-state index is 13.5. The van der Waals surface area contributed by atoms with Crippen molar-refractivity contribution in [2.24, 2.45) is 4.99 Å². The van der Waals surface area contributed by atoms with Crippen LogP contribution in [-0.2, 0) is 9.53 Å². The van der Waals surface area contributed by atoms with Gasteiger partial charge in [0.2, 0.25) is 0 Å². The van der Waals surface area contributed by atoms with E-state index in [4.69, 9.17) is 27.9 Å². The molecule has 1 aliphatic heterocycles. The highest BCUT2D eigenvalue weighted by Crippen LogP contribution is 2.33. The van der Waals surface area contributed by atoms with E-state index < -0.39 is 12.0 Å². The Kier molecular flexibility index (Phi) is 6.21. The summed E-state index contributed by atoms with van der Waals surface area (Å²) in [4.78, 5) is 32.3. The normalized spacial score (nSPS) is 16.5. The van der Waals surface area contributed by atoms with E-state index in [-0.39, 0.29) is 11.7 Å². The highest BCUT2D eigenvalue weighted by Gasteiger charge is 2.34. The van der Waals surface area contributed by atoms with Crippen molar-refractivity contribution >= 4 is 57.9 Å². The lowest BCUT2D eigenvalue weighted by Crippen LogP contribution is -2.39. The first kappa shape index (κ1) is 22.0. The van der Waals surface area contributed by atoms with Gasteiger partial charge in [-0.2, -0.15) is 0 Å². The fourth-order valence-electron chi connectivity index (χ4n) is 3.36. The molecule has 5 nitrogen and oxygen atoms in total. The van der Waals surface area contributed by atoms with E-state index in [0.29, 0.717) is 36.2 Å². The molecule has 0 spiro atoms. The number of fused-ring (bicyclic) bond motifs is 1. The van der Waals surface area contributed by atoms with Crippen LogP contribution in [-0.4, -0.2) is 16.6 Å². The first-order chi connectivity index (χ1) is 14.8. The van der Waals surface area contributed by atoms with Crippen molar-refractivity contribution in [3.05, 3.63) is 87.2 Å². The fraction of sp³-hybridized carbons (Fsp3) is 0.227. The van der Waals surface area contributed by atoms with Crippen LogP contribution in [0.25, 0.3) is 6.08 Å².